The van der Waals surface area contributed by atoms with Gasteiger partial charge in [0.1, 0.15) is 0 Å². The Kier molecular flexibility index (Phi) is 5.17. The van der Waals surface area contributed by atoms with Crippen LogP contribution in [0.2, 0.25) is 0 Å². The summed E-state index contributed by atoms with van der Waals surface area (Å²) in [6.07, 6.45) is 1.63. The molecule has 0 saturated carbocycles. The first-order chi connectivity index (χ1) is 6.27. The lowest BCUT2D eigenvalue weighted by atomic mass is 9.80. The molecular formula is C12H25NO. The maximum absolute atomic E-state index is 11.6. The zero-order chi connectivity index (χ0) is 11.4. The van der Waals surface area contributed by atoms with E-state index < -0.39 is 0 Å². The molecule has 1 N–H and O–H groups in total. The normalized spacial score (nSPS) is 16.1. The molecular weight excluding hydrogens is 174 g/mol. The third-order valence-corrected chi connectivity index (χ3v) is 2.99. The van der Waals surface area contributed by atoms with Crippen molar-refractivity contribution in [3.05, 3.63) is 0 Å². The van der Waals surface area contributed by atoms with Crippen molar-refractivity contribution in [3.63, 3.8) is 0 Å². The van der Waals surface area contributed by atoms with Crippen molar-refractivity contribution >= 4 is 5.91 Å². The molecule has 0 saturated heterocycles. The van der Waals surface area contributed by atoms with Gasteiger partial charge in [0.25, 0.3) is 0 Å². The zero-order valence-electron chi connectivity index (χ0n) is 10.5. The second kappa shape index (κ2) is 5.38. The molecule has 0 bridgehead atoms. The van der Waals surface area contributed by atoms with Crippen molar-refractivity contribution in [1.82, 2.24) is 5.32 Å². The highest BCUT2D eigenvalue weighted by Gasteiger charge is 2.22. The molecule has 0 aliphatic carbocycles. The van der Waals surface area contributed by atoms with E-state index in [0.29, 0.717) is 18.4 Å². The Morgan fingerprint density at radius 3 is 2.14 bits per heavy atom. The fourth-order valence-electron chi connectivity index (χ4n) is 1.02. The minimum absolute atomic E-state index is 0.182. The van der Waals surface area contributed by atoms with E-state index in [1.807, 2.05) is 6.92 Å². The average molecular weight is 199 g/mol. The lowest BCUT2D eigenvalue weighted by Gasteiger charge is -2.27. The van der Waals surface area contributed by atoms with Crippen LogP contribution in [0.3, 0.4) is 0 Å². The van der Waals surface area contributed by atoms with Gasteiger partial charge >= 0.3 is 0 Å². The van der Waals surface area contributed by atoms with Crippen LogP contribution in [-0.2, 0) is 4.79 Å². The van der Waals surface area contributed by atoms with Crippen LogP contribution in [0.5, 0.6) is 0 Å². The van der Waals surface area contributed by atoms with Crippen LogP contribution in [0.1, 0.15) is 54.4 Å². The van der Waals surface area contributed by atoms with Crippen LogP contribution < -0.4 is 5.32 Å². The predicted octanol–water partition coefficient (Wildman–Crippen LogP) is 2.97. The van der Waals surface area contributed by atoms with Crippen molar-refractivity contribution in [1.29, 1.82) is 0 Å². The number of carbonyl (C=O) groups excluding carboxylic acids is 1. The second-order valence-electron chi connectivity index (χ2n) is 5.35. The Labute approximate surface area is 88.5 Å². The lowest BCUT2D eigenvalue weighted by molar-refractivity contribution is -0.123. The summed E-state index contributed by atoms with van der Waals surface area (Å²) in [6.45, 7) is 12.8. The molecule has 0 aromatic carbocycles. The highest BCUT2D eigenvalue weighted by Crippen LogP contribution is 2.27. The molecule has 0 fully saturated rings. The van der Waals surface area contributed by atoms with Crippen LogP contribution in [0.25, 0.3) is 0 Å². The summed E-state index contributed by atoms with van der Waals surface area (Å²) >= 11 is 0. The van der Waals surface area contributed by atoms with E-state index in [-0.39, 0.29) is 11.3 Å². The minimum Gasteiger partial charge on any atom is -0.354 e. The van der Waals surface area contributed by atoms with Gasteiger partial charge in [-0.2, -0.15) is 0 Å². The fourth-order valence-corrected chi connectivity index (χ4v) is 1.02. The topological polar surface area (TPSA) is 29.1 Å². The summed E-state index contributed by atoms with van der Waals surface area (Å²) in [5.74, 6) is 0.605. The Morgan fingerprint density at radius 1 is 1.29 bits per heavy atom. The largest absolute Gasteiger partial charge is 0.354 e. The van der Waals surface area contributed by atoms with Gasteiger partial charge in [0.2, 0.25) is 5.91 Å². The molecule has 84 valence electrons. The summed E-state index contributed by atoms with van der Waals surface area (Å²) in [4.78, 5) is 11.6. The first kappa shape index (κ1) is 13.5. The summed E-state index contributed by atoms with van der Waals surface area (Å²) in [5.41, 5.74) is 0.215. The molecule has 0 aliphatic rings. The van der Waals surface area contributed by atoms with Gasteiger partial charge in [-0.15, -0.1) is 0 Å². The molecule has 14 heavy (non-hydrogen) atoms. The van der Waals surface area contributed by atoms with Gasteiger partial charge in [0, 0.05) is 12.5 Å². The molecule has 0 aromatic heterocycles. The van der Waals surface area contributed by atoms with E-state index in [2.05, 4.69) is 39.9 Å². The van der Waals surface area contributed by atoms with Crippen molar-refractivity contribution in [2.75, 3.05) is 0 Å². The third kappa shape index (κ3) is 5.25. The van der Waals surface area contributed by atoms with Gasteiger partial charge in [-0.3, -0.25) is 4.79 Å². The molecule has 0 radical (unpaired) electrons. The Hall–Kier alpha value is -0.530. The third-order valence-electron chi connectivity index (χ3n) is 2.99. The zero-order valence-corrected chi connectivity index (χ0v) is 10.5. The molecule has 2 nitrogen and oxygen atoms in total. The van der Waals surface area contributed by atoms with Gasteiger partial charge in [0.15, 0.2) is 0 Å². The summed E-state index contributed by atoms with van der Waals surface area (Å²) in [6, 6.07) is 0.301. The minimum atomic E-state index is 0.182. The van der Waals surface area contributed by atoms with E-state index >= 15 is 0 Å². The van der Waals surface area contributed by atoms with E-state index in [1.165, 1.54) is 0 Å². The van der Waals surface area contributed by atoms with Crippen molar-refractivity contribution in [2.45, 2.75) is 60.4 Å². The molecule has 0 rings (SSSR count). The van der Waals surface area contributed by atoms with Crippen molar-refractivity contribution < 1.29 is 4.79 Å². The van der Waals surface area contributed by atoms with E-state index in [0.717, 1.165) is 6.42 Å². The van der Waals surface area contributed by atoms with Gasteiger partial charge < -0.3 is 5.32 Å². The number of nitrogens with one attached hydrogen (secondary N) is 1. The number of amides is 1. The Bertz CT molecular complexity index is 181. The molecule has 2 atom stereocenters. The summed E-state index contributed by atoms with van der Waals surface area (Å²) in [5, 5.41) is 2.99. The van der Waals surface area contributed by atoms with Gasteiger partial charge in [-0.05, 0) is 24.7 Å². The van der Waals surface area contributed by atoms with Gasteiger partial charge in [0.05, 0.1) is 0 Å². The molecule has 0 aromatic rings. The van der Waals surface area contributed by atoms with Crippen LogP contribution in [0.4, 0.5) is 0 Å². The smallest absolute Gasteiger partial charge is 0.220 e. The molecule has 0 aliphatic heterocycles. The molecule has 0 spiro atoms. The number of hydrogen-bond donors (Lipinski definition) is 1. The van der Waals surface area contributed by atoms with E-state index in [9.17, 15) is 4.79 Å². The van der Waals surface area contributed by atoms with E-state index in [1.54, 1.807) is 0 Å². The molecule has 2 unspecified atom stereocenters. The number of carbonyl (C=O) groups is 1. The first-order valence-corrected chi connectivity index (χ1v) is 5.56. The average Bonchev–Trinajstić information content (AvgIpc) is 2.02. The van der Waals surface area contributed by atoms with Crippen molar-refractivity contribution in [2.24, 2.45) is 11.3 Å². The highest BCUT2D eigenvalue weighted by molar-refractivity contribution is 5.76. The van der Waals surface area contributed by atoms with Gasteiger partial charge in [-0.1, -0.05) is 34.6 Å². The summed E-state index contributed by atoms with van der Waals surface area (Å²) in [7, 11) is 0. The van der Waals surface area contributed by atoms with Crippen LogP contribution in [0.15, 0.2) is 0 Å². The van der Waals surface area contributed by atoms with Crippen LogP contribution in [0, 0.1) is 11.3 Å². The second-order valence-corrected chi connectivity index (χ2v) is 5.35. The summed E-state index contributed by atoms with van der Waals surface area (Å²) < 4.78 is 0. The fraction of sp³-hybridized carbons (Fsp3) is 0.917. The maximum atomic E-state index is 11.6. The molecule has 2 heteroatoms. The Morgan fingerprint density at radius 2 is 1.79 bits per heavy atom. The van der Waals surface area contributed by atoms with Crippen molar-refractivity contribution in [3.8, 4) is 0 Å². The van der Waals surface area contributed by atoms with Crippen LogP contribution in [-0.4, -0.2) is 11.9 Å². The lowest BCUT2D eigenvalue weighted by Crippen LogP contribution is -2.34. The monoisotopic (exact) mass is 199 g/mol. The maximum Gasteiger partial charge on any atom is 0.220 e. The first-order valence-electron chi connectivity index (χ1n) is 5.56. The molecule has 1 amide bonds. The quantitative estimate of drug-likeness (QED) is 0.741. The Balaban J connectivity index is 3.95. The van der Waals surface area contributed by atoms with Gasteiger partial charge in [-0.25, -0.2) is 0 Å². The molecule has 0 heterocycles. The predicted molar refractivity (Wildman–Crippen MR) is 61.1 cm³/mol. The standard InChI is InChI=1S/C12H25NO/c1-7-10(3)13-11(14)8-9(2)12(4,5)6/h9-10H,7-8H2,1-6H3,(H,13,14). The highest BCUT2D eigenvalue weighted by atomic mass is 16.1. The number of hydrogen-bond acceptors (Lipinski definition) is 1. The SMILES string of the molecule is CCC(C)NC(=O)CC(C)C(C)(C)C. The van der Waals surface area contributed by atoms with E-state index in [4.69, 9.17) is 0 Å². The van der Waals surface area contributed by atoms with Crippen LogP contribution >= 0.6 is 0 Å². The number of rotatable bonds is 4.